The lowest BCUT2D eigenvalue weighted by Gasteiger charge is -2.19. The summed E-state index contributed by atoms with van der Waals surface area (Å²) in [6.07, 6.45) is 0.828. The Morgan fingerprint density at radius 1 is 1.50 bits per heavy atom. The van der Waals surface area contributed by atoms with Gasteiger partial charge in [-0.15, -0.1) is 11.8 Å². The molecule has 0 heterocycles. The van der Waals surface area contributed by atoms with Crippen LogP contribution in [0.25, 0.3) is 0 Å². The van der Waals surface area contributed by atoms with Gasteiger partial charge >= 0.3 is 0 Å². The highest BCUT2D eigenvalue weighted by molar-refractivity contribution is 9.10. The average molecular weight is 311 g/mol. The van der Waals surface area contributed by atoms with Crippen LogP contribution in [0.15, 0.2) is 22.7 Å². The van der Waals surface area contributed by atoms with Crippen molar-refractivity contribution in [2.75, 3.05) is 20.2 Å². The zero-order chi connectivity index (χ0) is 13.4. The molecule has 18 heavy (non-hydrogen) atoms. The van der Waals surface area contributed by atoms with Crippen LogP contribution in [0.3, 0.4) is 0 Å². The van der Waals surface area contributed by atoms with Gasteiger partial charge in [-0.25, -0.2) is 0 Å². The van der Waals surface area contributed by atoms with E-state index >= 15 is 0 Å². The molecular formula is C14H19BrN2O. The monoisotopic (exact) mass is 310 g/mol. The predicted molar refractivity (Wildman–Crippen MR) is 78.6 cm³/mol. The zero-order valence-corrected chi connectivity index (χ0v) is 12.4. The second-order valence-electron chi connectivity index (χ2n) is 3.81. The fourth-order valence-corrected chi connectivity index (χ4v) is 2.19. The molecule has 0 aromatic heterocycles. The third kappa shape index (κ3) is 4.34. The molecule has 4 heteroatoms. The van der Waals surface area contributed by atoms with Crippen molar-refractivity contribution in [1.29, 1.82) is 0 Å². The molecule has 0 aliphatic rings. The molecule has 1 atom stereocenters. The Morgan fingerprint density at radius 2 is 2.28 bits per heavy atom. The van der Waals surface area contributed by atoms with E-state index in [9.17, 15) is 0 Å². The molecule has 0 saturated heterocycles. The third-order valence-corrected chi connectivity index (χ3v) is 3.35. The minimum atomic E-state index is 0.105. The normalized spacial score (nSPS) is 11.6. The van der Waals surface area contributed by atoms with Crippen molar-refractivity contribution in [3.05, 3.63) is 28.2 Å². The summed E-state index contributed by atoms with van der Waals surface area (Å²) in [5, 5.41) is 3.40. The molecule has 0 spiro atoms. The minimum absolute atomic E-state index is 0.105. The molecule has 3 N–H and O–H groups in total. The number of hydrogen-bond donors (Lipinski definition) is 2. The SMILES string of the molecule is CC#CCCNC(CN)c1cc(OC)ccc1Br. The van der Waals surface area contributed by atoms with Crippen molar-refractivity contribution >= 4 is 15.9 Å². The Hall–Kier alpha value is -1.02. The fourth-order valence-electron chi connectivity index (χ4n) is 1.67. The van der Waals surface area contributed by atoms with E-state index in [-0.39, 0.29) is 6.04 Å². The van der Waals surface area contributed by atoms with Gasteiger partial charge < -0.3 is 15.8 Å². The summed E-state index contributed by atoms with van der Waals surface area (Å²) in [5.74, 6) is 6.74. The maximum Gasteiger partial charge on any atom is 0.119 e. The molecule has 0 aliphatic heterocycles. The van der Waals surface area contributed by atoms with Gasteiger partial charge in [0.1, 0.15) is 5.75 Å². The van der Waals surface area contributed by atoms with E-state index in [1.165, 1.54) is 0 Å². The molecule has 0 fully saturated rings. The first-order valence-electron chi connectivity index (χ1n) is 5.89. The summed E-state index contributed by atoms with van der Waals surface area (Å²) in [4.78, 5) is 0. The lowest BCUT2D eigenvalue weighted by atomic mass is 10.1. The highest BCUT2D eigenvalue weighted by Gasteiger charge is 2.13. The number of halogens is 1. The second kappa shape index (κ2) is 8.15. The van der Waals surface area contributed by atoms with Gasteiger partial charge in [0.2, 0.25) is 0 Å². The van der Waals surface area contributed by atoms with E-state index in [1.807, 2.05) is 25.1 Å². The Bertz CT molecular complexity index is 437. The van der Waals surface area contributed by atoms with Gasteiger partial charge in [-0.1, -0.05) is 15.9 Å². The molecular weight excluding hydrogens is 292 g/mol. The molecule has 0 amide bonds. The number of nitrogens with one attached hydrogen (secondary N) is 1. The van der Waals surface area contributed by atoms with Crippen LogP contribution in [0, 0.1) is 11.8 Å². The zero-order valence-electron chi connectivity index (χ0n) is 10.8. The van der Waals surface area contributed by atoms with E-state index in [4.69, 9.17) is 10.5 Å². The van der Waals surface area contributed by atoms with Crippen molar-refractivity contribution in [2.45, 2.75) is 19.4 Å². The summed E-state index contributed by atoms with van der Waals surface area (Å²) >= 11 is 3.54. The Kier molecular flexibility index (Phi) is 6.81. The number of rotatable bonds is 6. The molecule has 0 saturated carbocycles. The van der Waals surface area contributed by atoms with Gasteiger partial charge in [0, 0.05) is 30.0 Å². The first kappa shape index (κ1) is 15.0. The second-order valence-corrected chi connectivity index (χ2v) is 4.66. The van der Waals surface area contributed by atoms with Gasteiger partial charge in [0.15, 0.2) is 0 Å². The molecule has 1 unspecified atom stereocenters. The van der Waals surface area contributed by atoms with Crippen LogP contribution < -0.4 is 15.8 Å². The van der Waals surface area contributed by atoms with Gasteiger partial charge in [0.05, 0.1) is 7.11 Å². The molecule has 1 aromatic rings. The van der Waals surface area contributed by atoms with Crippen LogP contribution in [-0.2, 0) is 0 Å². The number of nitrogens with two attached hydrogens (primary N) is 1. The number of ether oxygens (including phenoxy) is 1. The summed E-state index contributed by atoms with van der Waals surface area (Å²) in [6, 6.07) is 6.00. The minimum Gasteiger partial charge on any atom is -0.497 e. The van der Waals surface area contributed by atoms with E-state index < -0.39 is 0 Å². The van der Waals surface area contributed by atoms with Crippen molar-refractivity contribution in [3.63, 3.8) is 0 Å². The summed E-state index contributed by atoms with van der Waals surface area (Å²) in [5.41, 5.74) is 6.93. The first-order chi connectivity index (χ1) is 8.72. The van der Waals surface area contributed by atoms with Crippen molar-refractivity contribution < 1.29 is 4.74 Å². The lowest BCUT2D eigenvalue weighted by molar-refractivity contribution is 0.413. The first-order valence-corrected chi connectivity index (χ1v) is 6.68. The third-order valence-electron chi connectivity index (χ3n) is 2.63. The van der Waals surface area contributed by atoms with Gasteiger partial charge in [-0.3, -0.25) is 0 Å². The largest absolute Gasteiger partial charge is 0.497 e. The highest BCUT2D eigenvalue weighted by atomic mass is 79.9. The molecule has 3 nitrogen and oxygen atoms in total. The number of methoxy groups -OCH3 is 1. The standard InChI is InChI=1S/C14H19BrN2O/c1-3-4-5-8-17-14(10-16)12-9-11(18-2)6-7-13(12)15/h6-7,9,14,17H,5,8,10,16H2,1-2H3. The highest BCUT2D eigenvalue weighted by Crippen LogP contribution is 2.27. The molecule has 0 aliphatic carbocycles. The molecule has 0 bridgehead atoms. The van der Waals surface area contributed by atoms with Crippen LogP contribution in [-0.4, -0.2) is 20.2 Å². The molecule has 1 aromatic carbocycles. The van der Waals surface area contributed by atoms with Gasteiger partial charge in [0.25, 0.3) is 0 Å². The number of benzene rings is 1. The van der Waals surface area contributed by atoms with Gasteiger partial charge in [-0.2, -0.15) is 0 Å². The maximum atomic E-state index is 5.82. The van der Waals surface area contributed by atoms with E-state index in [0.29, 0.717) is 6.54 Å². The van der Waals surface area contributed by atoms with Crippen molar-refractivity contribution in [1.82, 2.24) is 5.32 Å². The van der Waals surface area contributed by atoms with E-state index in [1.54, 1.807) is 7.11 Å². The van der Waals surface area contributed by atoms with E-state index in [0.717, 1.165) is 28.8 Å². The van der Waals surface area contributed by atoms with Crippen LogP contribution in [0.1, 0.15) is 24.9 Å². The Labute approximate surface area is 117 Å². The summed E-state index contributed by atoms with van der Waals surface area (Å²) < 4.78 is 6.27. The van der Waals surface area contributed by atoms with E-state index in [2.05, 4.69) is 33.1 Å². The van der Waals surface area contributed by atoms with Crippen LogP contribution in [0.2, 0.25) is 0 Å². The van der Waals surface area contributed by atoms with Crippen LogP contribution >= 0.6 is 15.9 Å². The average Bonchev–Trinajstić information content (AvgIpc) is 2.40. The molecule has 1 rings (SSSR count). The maximum absolute atomic E-state index is 5.82. The van der Waals surface area contributed by atoms with Crippen molar-refractivity contribution in [2.24, 2.45) is 5.73 Å². The van der Waals surface area contributed by atoms with Gasteiger partial charge in [-0.05, 0) is 30.7 Å². The lowest BCUT2D eigenvalue weighted by Crippen LogP contribution is -2.29. The van der Waals surface area contributed by atoms with Crippen LogP contribution in [0.5, 0.6) is 5.75 Å². The Morgan fingerprint density at radius 3 is 2.89 bits per heavy atom. The smallest absolute Gasteiger partial charge is 0.119 e. The summed E-state index contributed by atoms with van der Waals surface area (Å²) in [6.45, 7) is 3.21. The Balaban J connectivity index is 2.76. The van der Waals surface area contributed by atoms with Crippen LogP contribution in [0.4, 0.5) is 0 Å². The number of hydrogen-bond acceptors (Lipinski definition) is 3. The fraction of sp³-hybridized carbons (Fsp3) is 0.429. The molecule has 0 radical (unpaired) electrons. The summed E-state index contributed by atoms with van der Waals surface area (Å²) in [7, 11) is 1.66. The quantitative estimate of drug-likeness (QED) is 0.627. The topological polar surface area (TPSA) is 47.3 Å². The predicted octanol–water partition coefficient (Wildman–Crippen LogP) is 2.46. The molecule has 98 valence electrons. The van der Waals surface area contributed by atoms with Crippen molar-refractivity contribution in [3.8, 4) is 17.6 Å².